The van der Waals surface area contributed by atoms with Crippen molar-refractivity contribution in [1.82, 2.24) is 5.43 Å². The molecule has 29 heavy (non-hydrogen) atoms. The van der Waals surface area contributed by atoms with Crippen LogP contribution in [0.1, 0.15) is 36.7 Å². The van der Waals surface area contributed by atoms with Crippen molar-refractivity contribution < 1.29 is 14.5 Å². The van der Waals surface area contributed by atoms with Crippen LogP contribution in [-0.2, 0) is 4.79 Å². The maximum Gasteiger partial charge on any atom is 0.271 e. The number of hydrogen-bond donors (Lipinski definition) is 2. The van der Waals surface area contributed by atoms with Crippen LogP contribution in [0, 0.1) is 10.1 Å². The maximum absolute atomic E-state index is 12.3. The summed E-state index contributed by atoms with van der Waals surface area (Å²) in [5, 5.41) is 17.7. The second-order valence-corrected chi connectivity index (χ2v) is 6.13. The third kappa shape index (κ3) is 5.86. The van der Waals surface area contributed by atoms with Crippen molar-refractivity contribution in [2.24, 2.45) is 5.10 Å². The molecule has 0 atom stereocenters. The number of anilines is 2. The molecule has 2 N–H and O–H groups in total. The van der Waals surface area contributed by atoms with E-state index in [4.69, 9.17) is 0 Å². The van der Waals surface area contributed by atoms with E-state index in [9.17, 15) is 19.7 Å². The van der Waals surface area contributed by atoms with Gasteiger partial charge in [-0.15, -0.1) is 0 Å². The van der Waals surface area contributed by atoms with Gasteiger partial charge in [0.15, 0.2) is 0 Å². The van der Waals surface area contributed by atoms with Gasteiger partial charge in [-0.05, 0) is 38.1 Å². The van der Waals surface area contributed by atoms with E-state index in [-0.39, 0.29) is 11.6 Å². The number of nitrogens with one attached hydrogen (secondary N) is 2. The molecule has 0 unspecified atom stereocenters. The minimum atomic E-state index is -0.477. The number of nitrogens with zero attached hydrogens (tertiary/aromatic N) is 3. The minimum Gasteiger partial charge on any atom is -0.372 e. The molecule has 0 aliphatic carbocycles. The Balaban J connectivity index is 2.22. The van der Waals surface area contributed by atoms with Crippen LogP contribution in [0.3, 0.4) is 0 Å². The summed E-state index contributed by atoms with van der Waals surface area (Å²) in [6, 6.07) is 11.0. The molecule has 2 rings (SSSR count). The Labute approximate surface area is 168 Å². The highest BCUT2D eigenvalue weighted by Gasteiger charge is 2.13. The van der Waals surface area contributed by atoms with Crippen molar-refractivity contribution in [3.63, 3.8) is 0 Å². The molecule has 0 saturated carbocycles. The summed E-state index contributed by atoms with van der Waals surface area (Å²) in [7, 11) is 0. The monoisotopic (exact) mass is 397 g/mol. The molecule has 0 heterocycles. The van der Waals surface area contributed by atoms with Crippen LogP contribution in [0.2, 0.25) is 0 Å². The lowest BCUT2D eigenvalue weighted by Crippen LogP contribution is -2.23. The highest BCUT2D eigenvalue weighted by Crippen LogP contribution is 2.24. The maximum atomic E-state index is 12.3. The van der Waals surface area contributed by atoms with Crippen LogP contribution >= 0.6 is 0 Å². The average molecular weight is 397 g/mol. The van der Waals surface area contributed by atoms with Crippen LogP contribution in [0.25, 0.3) is 0 Å². The predicted molar refractivity (Wildman–Crippen MR) is 112 cm³/mol. The van der Waals surface area contributed by atoms with Gasteiger partial charge in [0.1, 0.15) is 0 Å². The number of nitro groups is 1. The van der Waals surface area contributed by atoms with Gasteiger partial charge in [-0.2, -0.15) is 5.10 Å². The molecule has 0 radical (unpaired) electrons. The summed E-state index contributed by atoms with van der Waals surface area (Å²) in [5.74, 6) is -0.710. The van der Waals surface area contributed by atoms with E-state index < -0.39 is 10.8 Å². The second kappa shape index (κ2) is 9.98. The summed E-state index contributed by atoms with van der Waals surface area (Å²) < 4.78 is 0. The summed E-state index contributed by atoms with van der Waals surface area (Å²) in [6.45, 7) is 6.78. The smallest absolute Gasteiger partial charge is 0.271 e. The number of carbonyl (C=O) groups excluding carboxylic acids is 2. The van der Waals surface area contributed by atoms with E-state index in [1.807, 2.05) is 18.7 Å². The van der Waals surface area contributed by atoms with Gasteiger partial charge in [0.05, 0.1) is 11.1 Å². The largest absolute Gasteiger partial charge is 0.372 e. The number of rotatable bonds is 8. The average Bonchev–Trinajstić information content (AvgIpc) is 2.69. The van der Waals surface area contributed by atoms with Gasteiger partial charge in [-0.1, -0.05) is 6.07 Å². The van der Waals surface area contributed by atoms with Crippen LogP contribution in [0.15, 0.2) is 47.6 Å². The Hall–Kier alpha value is -3.75. The zero-order valence-electron chi connectivity index (χ0n) is 16.5. The van der Waals surface area contributed by atoms with Gasteiger partial charge in [-0.3, -0.25) is 19.7 Å². The fourth-order valence-electron chi connectivity index (χ4n) is 2.78. The van der Waals surface area contributed by atoms with Gasteiger partial charge in [-0.25, -0.2) is 5.43 Å². The van der Waals surface area contributed by atoms with Gasteiger partial charge >= 0.3 is 0 Å². The molecule has 0 aliphatic heterocycles. The van der Waals surface area contributed by atoms with E-state index in [0.29, 0.717) is 16.8 Å². The molecule has 0 fully saturated rings. The van der Waals surface area contributed by atoms with Crippen molar-refractivity contribution in [2.45, 2.75) is 20.8 Å². The molecule has 0 aliphatic rings. The molecule has 2 amide bonds. The normalized spacial score (nSPS) is 10.6. The lowest BCUT2D eigenvalue weighted by molar-refractivity contribution is -0.384. The number of amides is 2. The Kier molecular flexibility index (Phi) is 7.41. The van der Waals surface area contributed by atoms with Crippen LogP contribution in [0.5, 0.6) is 0 Å². The topological polar surface area (TPSA) is 117 Å². The predicted octanol–water partition coefficient (Wildman–Crippen LogP) is 3.16. The Bertz CT molecular complexity index is 938. The molecule has 152 valence electrons. The van der Waals surface area contributed by atoms with E-state index >= 15 is 0 Å². The fraction of sp³-hybridized carbons (Fsp3) is 0.250. The number of carbonyl (C=O) groups is 2. The van der Waals surface area contributed by atoms with Crippen molar-refractivity contribution >= 4 is 35.1 Å². The highest BCUT2D eigenvalue weighted by atomic mass is 16.6. The Morgan fingerprint density at radius 2 is 1.90 bits per heavy atom. The molecular formula is C20H23N5O4. The minimum absolute atomic E-state index is 0.0586. The standard InChI is InChI=1S/C20H23N5O4/c1-4-24(5-2)19-10-9-18(25(28)29)12-16(19)13-21-23-20(27)15-7-6-8-17(11-15)22-14(3)26/h6-13H,4-5H2,1-3H3,(H,22,26)(H,23,27)/b21-13+. The van der Waals surface area contributed by atoms with Crippen molar-refractivity contribution in [3.05, 3.63) is 63.7 Å². The molecule has 0 saturated heterocycles. The first kappa shape index (κ1) is 21.5. The Morgan fingerprint density at radius 1 is 1.17 bits per heavy atom. The third-order valence-corrected chi connectivity index (χ3v) is 4.14. The van der Waals surface area contributed by atoms with E-state index in [0.717, 1.165) is 18.8 Å². The summed E-state index contributed by atoms with van der Waals surface area (Å²) in [5.41, 5.74) is 4.47. The first-order valence-corrected chi connectivity index (χ1v) is 9.10. The Morgan fingerprint density at radius 3 is 2.52 bits per heavy atom. The van der Waals surface area contributed by atoms with Crippen molar-refractivity contribution in [1.29, 1.82) is 0 Å². The first-order chi connectivity index (χ1) is 13.8. The molecular weight excluding hydrogens is 374 g/mol. The first-order valence-electron chi connectivity index (χ1n) is 9.10. The zero-order valence-corrected chi connectivity index (χ0v) is 16.5. The van der Waals surface area contributed by atoms with Gasteiger partial charge in [0.2, 0.25) is 5.91 Å². The fourth-order valence-corrected chi connectivity index (χ4v) is 2.78. The molecule has 9 nitrogen and oxygen atoms in total. The van der Waals surface area contributed by atoms with Crippen molar-refractivity contribution in [3.8, 4) is 0 Å². The summed E-state index contributed by atoms with van der Waals surface area (Å²) >= 11 is 0. The number of hydrogen-bond acceptors (Lipinski definition) is 6. The number of nitro benzene ring substituents is 1. The SMILES string of the molecule is CCN(CC)c1ccc([N+](=O)[O-])cc1/C=N/NC(=O)c1cccc(NC(C)=O)c1. The molecule has 0 spiro atoms. The molecule has 9 heteroatoms. The quantitative estimate of drug-likeness (QED) is 0.403. The van der Waals surface area contributed by atoms with E-state index in [1.54, 1.807) is 24.3 Å². The highest BCUT2D eigenvalue weighted by molar-refractivity contribution is 5.97. The summed E-state index contributed by atoms with van der Waals surface area (Å²) in [6.07, 6.45) is 1.39. The molecule has 2 aromatic rings. The molecule has 0 aromatic heterocycles. The van der Waals surface area contributed by atoms with Gasteiger partial charge in [0.25, 0.3) is 11.6 Å². The number of non-ortho nitro benzene ring substituents is 1. The molecule has 0 bridgehead atoms. The third-order valence-electron chi connectivity index (χ3n) is 4.14. The van der Waals surface area contributed by atoms with Gasteiger partial charge in [0, 0.05) is 54.6 Å². The van der Waals surface area contributed by atoms with Gasteiger partial charge < -0.3 is 10.2 Å². The van der Waals surface area contributed by atoms with Crippen LogP contribution in [0.4, 0.5) is 17.1 Å². The van der Waals surface area contributed by atoms with E-state index in [2.05, 4.69) is 15.8 Å². The van der Waals surface area contributed by atoms with Crippen LogP contribution in [-0.4, -0.2) is 36.0 Å². The summed E-state index contributed by atoms with van der Waals surface area (Å²) in [4.78, 5) is 36.1. The lowest BCUT2D eigenvalue weighted by Gasteiger charge is -2.22. The van der Waals surface area contributed by atoms with Crippen molar-refractivity contribution in [2.75, 3.05) is 23.3 Å². The van der Waals surface area contributed by atoms with Crippen LogP contribution < -0.4 is 15.6 Å². The van der Waals surface area contributed by atoms with E-state index in [1.165, 1.54) is 31.3 Å². The number of benzene rings is 2. The lowest BCUT2D eigenvalue weighted by atomic mass is 10.1. The number of hydrazone groups is 1. The second-order valence-electron chi connectivity index (χ2n) is 6.13. The molecule has 2 aromatic carbocycles. The zero-order chi connectivity index (χ0) is 21.4.